The van der Waals surface area contributed by atoms with Crippen LogP contribution in [0.4, 0.5) is 0 Å². The van der Waals surface area contributed by atoms with Crippen LogP contribution in [0.2, 0.25) is 10.0 Å². The number of halogens is 2. The molecule has 0 unspecified atom stereocenters. The lowest BCUT2D eigenvalue weighted by molar-refractivity contribution is -0.144. The van der Waals surface area contributed by atoms with Crippen LogP contribution in [0.25, 0.3) is 0 Å². The summed E-state index contributed by atoms with van der Waals surface area (Å²) in [5, 5.41) is 0.611. The van der Waals surface area contributed by atoms with Gasteiger partial charge in [-0.1, -0.05) is 59.6 Å². The Kier molecular flexibility index (Phi) is 4.95. The molecule has 1 saturated heterocycles. The average molecular weight is 366 g/mol. The maximum atomic E-state index is 12.7. The van der Waals surface area contributed by atoms with Crippen LogP contribution >= 0.6 is 35.0 Å². The Morgan fingerprint density at radius 3 is 2.52 bits per heavy atom. The molecule has 3 rings (SSSR count). The third-order valence-corrected chi connectivity index (χ3v) is 5.42. The lowest BCUT2D eigenvalue weighted by atomic mass is 10.1. The summed E-state index contributed by atoms with van der Waals surface area (Å²) < 4.78 is 0. The highest BCUT2D eigenvalue weighted by atomic mass is 35.5. The van der Waals surface area contributed by atoms with E-state index in [-0.39, 0.29) is 29.4 Å². The molecular formula is C17H13Cl2NO2S. The summed E-state index contributed by atoms with van der Waals surface area (Å²) in [4.78, 5) is 26.2. The van der Waals surface area contributed by atoms with E-state index in [1.165, 1.54) is 16.7 Å². The molecule has 0 aromatic heterocycles. The average Bonchev–Trinajstić information content (AvgIpc) is 2.54. The normalized spacial score (nSPS) is 18.3. The van der Waals surface area contributed by atoms with Gasteiger partial charge in [-0.15, -0.1) is 11.8 Å². The van der Waals surface area contributed by atoms with E-state index in [1.807, 2.05) is 30.3 Å². The first-order valence-corrected chi connectivity index (χ1v) is 8.81. The van der Waals surface area contributed by atoms with Gasteiger partial charge in [0.05, 0.1) is 12.3 Å². The Hall–Kier alpha value is -1.49. The zero-order valence-corrected chi connectivity index (χ0v) is 14.4. The Labute approximate surface area is 148 Å². The topological polar surface area (TPSA) is 37.4 Å². The van der Waals surface area contributed by atoms with Crippen LogP contribution in [0.1, 0.15) is 16.4 Å². The third kappa shape index (κ3) is 3.55. The van der Waals surface area contributed by atoms with Gasteiger partial charge in [0.2, 0.25) is 11.8 Å². The summed E-state index contributed by atoms with van der Waals surface area (Å²) in [5.41, 5.74) is 1.61. The number of carbonyl (C=O) groups is 2. The van der Waals surface area contributed by atoms with Gasteiger partial charge in [0.1, 0.15) is 5.25 Å². The number of carbonyl (C=O) groups excluding carboxylic acids is 2. The molecule has 2 amide bonds. The van der Waals surface area contributed by atoms with Gasteiger partial charge in [0.25, 0.3) is 0 Å². The summed E-state index contributed by atoms with van der Waals surface area (Å²) in [6.45, 7) is 0.164. The molecule has 2 aromatic carbocycles. The van der Waals surface area contributed by atoms with Crippen LogP contribution in [0.15, 0.2) is 48.5 Å². The van der Waals surface area contributed by atoms with E-state index in [2.05, 4.69) is 0 Å². The van der Waals surface area contributed by atoms with Crippen molar-refractivity contribution in [2.45, 2.75) is 11.8 Å². The summed E-state index contributed by atoms with van der Waals surface area (Å²) in [7, 11) is 0. The molecule has 1 aliphatic rings. The van der Waals surface area contributed by atoms with Crippen LogP contribution < -0.4 is 0 Å². The van der Waals surface area contributed by atoms with E-state index in [0.29, 0.717) is 15.6 Å². The number of nitrogens with zero attached hydrogens (tertiary/aromatic N) is 1. The van der Waals surface area contributed by atoms with Crippen molar-refractivity contribution in [2.75, 3.05) is 5.75 Å². The van der Waals surface area contributed by atoms with E-state index in [9.17, 15) is 9.59 Å². The Balaban J connectivity index is 1.85. The standard InChI is InChI=1S/C17H13Cl2NO2S/c18-13-7-6-12(14(19)8-13)9-20-15(21)10-23-16(17(20)22)11-4-2-1-3-5-11/h1-8,16H,9-10H2/t16-/m1/s1. The van der Waals surface area contributed by atoms with Crippen molar-refractivity contribution in [1.29, 1.82) is 0 Å². The van der Waals surface area contributed by atoms with E-state index in [0.717, 1.165) is 5.56 Å². The summed E-state index contributed by atoms with van der Waals surface area (Å²) in [5.74, 6) is -0.127. The SMILES string of the molecule is O=C1CS[C@H](c2ccccc2)C(=O)N1Cc1ccc(Cl)cc1Cl. The molecule has 0 bridgehead atoms. The summed E-state index contributed by atoms with van der Waals surface area (Å²) in [6.07, 6.45) is 0. The molecule has 1 fully saturated rings. The highest BCUT2D eigenvalue weighted by Crippen LogP contribution is 2.35. The summed E-state index contributed by atoms with van der Waals surface area (Å²) in [6, 6.07) is 14.5. The van der Waals surface area contributed by atoms with Gasteiger partial charge < -0.3 is 0 Å². The lowest BCUT2D eigenvalue weighted by Crippen LogP contribution is -2.43. The van der Waals surface area contributed by atoms with Crippen molar-refractivity contribution in [3.05, 3.63) is 69.7 Å². The van der Waals surface area contributed by atoms with Crippen molar-refractivity contribution in [3.63, 3.8) is 0 Å². The number of hydrogen-bond donors (Lipinski definition) is 0. The molecule has 0 aliphatic carbocycles. The van der Waals surface area contributed by atoms with E-state index >= 15 is 0 Å². The number of imide groups is 1. The van der Waals surface area contributed by atoms with Gasteiger partial charge >= 0.3 is 0 Å². The quantitative estimate of drug-likeness (QED) is 0.759. The lowest BCUT2D eigenvalue weighted by Gasteiger charge is -2.30. The molecule has 1 aliphatic heterocycles. The van der Waals surface area contributed by atoms with Crippen LogP contribution in [0.5, 0.6) is 0 Å². The molecule has 0 radical (unpaired) electrons. The fourth-order valence-corrected chi connectivity index (χ4v) is 3.97. The molecule has 1 atom stereocenters. The van der Waals surface area contributed by atoms with Gasteiger partial charge in [-0.3, -0.25) is 14.5 Å². The predicted molar refractivity (Wildman–Crippen MR) is 93.7 cm³/mol. The number of amides is 2. The largest absolute Gasteiger partial charge is 0.276 e. The van der Waals surface area contributed by atoms with E-state index in [1.54, 1.807) is 18.2 Å². The zero-order chi connectivity index (χ0) is 16.4. The predicted octanol–water partition coefficient (Wildman–Crippen LogP) is 4.34. The maximum Gasteiger partial charge on any atom is 0.247 e. The minimum absolute atomic E-state index is 0.164. The molecule has 1 heterocycles. The minimum atomic E-state index is -0.361. The number of benzene rings is 2. The van der Waals surface area contributed by atoms with Crippen molar-refractivity contribution in [1.82, 2.24) is 4.90 Å². The van der Waals surface area contributed by atoms with Gasteiger partial charge in [-0.05, 0) is 23.3 Å². The van der Waals surface area contributed by atoms with E-state index < -0.39 is 0 Å². The molecule has 2 aromatic rings. The number of hydrogen-bond acceptors (Lipinski definition) is 3. The zero-order valence-electron chi connectivity index (χ0n) is 12.0. The summed E-state index contributed by atoms with van der Waals surface area (Å²) >= 11 is 13.4. The van der Waals surface area contributed by atoms with Gasteiger partial charge in [-0.25, -0.2) is 0 Å². The first-order valence-electron chi connectivity index (χ1n) is 7.01. The highest BCUT2D eigenvalue weighted by molar-refractivity contribution is 8.01. The third-order valence-electron chi connectivity index (χ3n) is 3.61. The van der Waals surface area contributed by atoms with Gasteiger partial charge in [-0.2, -0.15) is 0 Å². The molecular weight excluding hydrogens is 353 g/mol. The van der Waals surface area contributed by atoms with Crippen molar-refractivity contribution < 1.29 is 9.59 Å². The van der Waals surface area contributed by atoms with Gasteiger partial charge in [0, 0.05) is 10.0 Å². The minimum Gasteiger partial charge on any atom is -0.276 e. The second-order valence-electron chi connectivity index (χ2n) is 5.16. The number of rotatable bonds is 3. The van der Waals surface area contributed by atoms with Crippen LogP contribution in [0, 0.1) is 0 Å². The first-order chi connectivity index (χ1) is 11.1. The van der Waals surface area contributed by atoms with Gasteiger partial charge in [0.15, 0.2) is 0 Å². The highest BCUT2D eigenvalue weighted by Gasteiger charge is 2.35. The molecule has 0 spiro atoms. The van der Waals surface area contributed by atoms with Crippen LogP contribution in [-0.2, 0) is 16.1 Å². The van der Waals surface area contributed by atoms with Crippen molar-refractivity contribution in [2.24, 2.45) is 0 Å². The maximum absolute atomic E-state index is 12.7. The second-order valence-corrected chi connectivity index (χ2v) is 7.09. The fourth-order valence-electron chi connectivity index (χ4n) is 2.42. The van der Waals surface area contributed by atoms with Crippen LogP contribution in [-0.4, -0.2) is 22.5 Å². The molecule has 23 heavy (non-hydrogen) atoms. The number of thioether (sulfide) groups is 1. The molecule has 118 valence electrons. The second kappa shape index (κ2) is 6.95. The van der Waals surface area contributed by atoms with E-state index in [4.69, 9.17) is 23.2 Å². The molecule has 0 N–H and O–H groups in total. The van der Waals surface area contributed by atoms with Crippen LogP contribution in [0.3, 0.4) is 0 Å². The molecule has 0 saturated carbocycles. The smallest absolute Gasteiger partial charge is 0.247 e. The Morgan fingerprint density at radius 2 is 1.83 bits per heavy atom. The van der Waals surface area contributed by atoms with Crippen molar-refractivity contribution >= 4 is 46.8 Å². The monoisotopic (exact) mass is 365 g/mol. The Bertz CT molecular complexity index is 752. The Morgan fingerprint density at radius 1 is 1.09 bits per heavy atom. The molecule has 3 nitrogen and oxygen atoms in total. The fraction of sp³-hybridized carbons (Fsp3) is 0.176. The van der Waals surface area contributed by atoms with Crippen molar-refractivity contribution in [3.8, 4) is 0 Å². The first kappa shape index (κ1) is 16.4. The molecule has 6 heteroatoms.